The highest BCUT2D eigenvalue weighted by atomic mass is 19.1. The molecule has 6 heteroatoms. The Bertz CT molecular complexity index is 895. The van der Waals surface area contributed by atoms with Crippen molar-refractivity contribution in [3.63, 3.8) is 0 Å². The number of amidine groups is 1. The van der Waals surface area contributed by atoms with Crippen molar-refractivity contribution >= 4 is 16.7 Å². The Morgan fingerprint density at radius 1 is 1.17 bits per heavy atom. The molecule has 1 aliphatic heterocycles. The molecule has 1 aliphatic rings. The van der Waals surface area contributed by atoms with Crippen molar-refractivity contribution in [2.75, 3.05) is 13.1 Å². The summed E-state index contributed by atoms with van der Waals surface area (Å²) in [5.41, 5.74) is 2.07. The molecule has 1 fully saturated rings. The van der Waals surface area contributed by atoms with Crippen LogP contribution in [0, 0.1) is 11.2 Å². The molecule has 0 bridgehead atoms. The molecule has 1 aromatic carbocycles. The molecule has 122 valence electrons. The molecule has 3 heterocycles. The third kappa shape index (κ3) is 2.64. The number of nitrogens with one attached hydrogen (secondary N) is 1. The van der Waals surface area contributed by atoms with Gasteiger partial charge in [-0.2, -0.15) is 5.10 Å². The molecule has 3 aromatic rings. The van der Waals surface area contributed by atoms with Crippen LogP contribution < -0.4 is 0 Å². The topological polar surface area (TPSA) is 57.8 Å². The molecule has 4 rings (SSSR count). The van der Waals surface area contributed by atoms with Gasteiger partial charge in [0.1, 0.15) is 11.7 Å². The minimum atomic E-state index is -0.302. The van der Waals surface area contributed by atoms with Crippen molar-refractivity contribution < 1.29 is 4.39 Å². The number of rotatable bonds is 3. The molecule has 1 N–H and O–H groups in total. The molecule has 0 saturated carbocycles. The predicted octanol–water partition coefficient (Wildman–Crippen LogP) is 3.04. The van der Waals surface area contributed by atoms with E-state index in [0.29, 0.717) is 23.5 Å². The van der Waals surface area contributed by atoms with Gasteiger partial charge in [-0.1, -0.05) is 12.1 Å². The second-order valence-corrected chi connectivity index (χ2v) is 6.09. The highest BCUT2D eigenvalue weighted by Gasteiger charge is 2.17. The van der Waals surface area contributed by atoms with Gasteiger partial charge in [-0.3, -0.25) is 15.1 Å². The van der Waals surface area contributed by atoms with Gasteiger partial charge in [0.15, 0.2) is 0 Å². The molecular formula is C18H18FN5. The van der Waals surface area contributed by atoms with Crippen molar-refractivity contribution in [2.45, 2.75) is 19.4 Å². The summed E-state index contributed by atoms with van der Waals surface area (Å²) in [4.78, 5) is 6.10. The SMILES string of the molecule is N=C(c1ccc(Cn2ncc3ccncc32)c(F)c1)N1CCCC1. The van der Waals surface area contributed by atoms with Gasteiger partial charge in [-0.15, -0.1) is 0 Å². The van der Waals surface area contributed by atoms with E-state index in [0.717, 1.165) is 36.8 Å². The molecule has 1 saturated heterocycles. The molecule has 0 aliphatic carbocycles. The van der Waals surface area contributed by atoms with Gasteiger partial charge in [0.2, 0.25) is 0 Å². The number of fused-ring (bicyclic) bond motifs is 1. The van der Waals surface area contributed by atoms with E-state index in [9.17, 15) is 4.39 Å². The zero-order valence-corrected chi connectivity index (χ0v) is 13.2. The first kappa shape index (κ1) is 14.8. The zero-order valence-electron chi connectivity index (χ0n) is 13.2. The summed E-state index contributed by atoms with van der Waals surface area (Å²) in [5.74, 6) is 0.107. The van der Waals surface area contributed by atoms with Crippen molar-refractivity contribution in [2.24, 2.45) is 0 Å². The minimum absolute atomic E-state index is 0.302. The standard InChI is InChI=1S/C18H18FN5/c19-16-9-13(18(20)23-7-1-2-8-23)3-4-15(16)12-24-17-11-21-6-5-14(17)10-22-24/h3-6,9-11,20H,1-2,7-8,12H2. The van der Waals surface area contributed by atoms with Crippen molar-refractivity contribution in [3.8, 4) is 0 Å². The average molecular weight is 323 g/mol. The van der Waals surface area contributed by atoms with Gasteiger partial charge in [0, 0.05) is 35.8 Å². The number of likely N-dealkylation sites (tertiary alicyclic amines) is 1. The lowest BCUT2D eigenvalue weighted by Gasteiger charge is -2.19. The Morgan fingerprint density at radius 2 is 2.00 bits per heavy atom. The molecule has 2 aromatic heterocycles. The Kier molecular flexibility index (Phi) is 3.72. The van der Waals surface area contributed by atoms with Crippen molar-refractivity contribution in [1.29, 1.82) is 5.41 Å². The van der Waals surface area contributed by atoms with Crippen LogP contribution in [0.3, 0.4) is 0 Å². The monoisotopic (exact) mass is 323 g/mol. The van der Waals surface area contributed by atoms with Gasteiger partial charge < -0.3 is 4.90 Å². The smallest absolute Gasteiger partial charge is 0.129 e. The summed E-state index contributed by atoms with van der Waals surface area (Å²) >= 11 is 0. The number of nitrogens with zero attached hydrogens (tertiary/aromatic N) is 4. The predicted molar refractivity (Wildman–Crippen MR) is 90.7 cm³/mol. The number of aromatic nitrogens is 3. The van der Waals surface area contributed by atoms with Crippen LogP contribution >= 0.6 is 0 Å². The number of hydrogen-bond donors (Lipinski definition) is 1. The maximum atomic E-state index is 14.5. The summed E-state index contributed by atoms with van der Waals surface area (Å²) in [6, 6.07) is 6.91. The fraction of sp³-hybridized carbons (Fsp3) is 0.278. The fourth-order valence-corrected chi connectivity index (χ4v) is 3.15. The quantitative estimate of drug-likeness (QED) is 0.595. The fourth-order valence-electron chi connectivity index (χ4n) is 3.15. The van der Waals surface area contributed by atoms with E-state index in [1.807, 2.05) is 17.0 Å². The Balaban J connectivity index is 1.59. The van der Waals surface area contributed by atoms with Crippen LogP contribution in [0.5, 0.6) is 0 Å². The summed E-state index contributed by atoms with van der Waals surface area (Å²) in [6.45, 7) is 2.11. The largest absolute Gasteiger partial charge is 0.357 e. The zero-order chi connectivity index (χ0) is 16.5. The maximum Gasteiger partial charge on any atom is 0.129 e. The summed E-state index contributed by atoms with van der Waals surface area (Å²) in [6.07, 6.45) is 7.41. The van der Waals surface area contributed by atoms with Crippen LogP contribution in [0.25, 0.3) is 10.9 Å². The van der Waals surface area contributed by atoms with Gasteiger partial charge in [0.05, 0.1) is 24.5 Å². The Labute approximate surface area is 139 Å². The van der Waals surface area contributed by atoms with Gasteiger partial charge in [0.25, 0.3) is 0 Å². The third-order valence-corrected chi connectivity index (χ3v) is 4.52. The second-order valence-electron chi connectivity index (χ2n) is 6.09. The van der Waals surface area contributed by atoms with E-state index >= 15 is 0 Å². The van der Waals surface area contributed by atoms with Crippen LogP contribution in [-0.4, -0.2) is 38.6 Å². The van der Waals surface area contributed by atoms with E-state index in [1.165, 1.54) is 6.07 Å². The molecule has 0 amide bonds. The molecule has 24 heavy (non-hydrogen) atoms. The lowest BCUT2D eigenvalue weighted by molar-refractivity contribution is 0.516. The van der Waals surface area contributed by atoms with E-state index in [4.69, 9.17) is 5.41 Å². The maximum absolute atomic E-state index is 14.5. The van der Waals surface area contributed by atoms with E-state index in [2.05, 4.69) is 10.1 Å². The summed E-state index contributed by atoms with van der Waals surface area (Å²) in [7, 11) is 0. The van der Waals surface area contributed by atoms with Crippen molar-refractivity contribution in [1.82, 2.24) is 19.7 Å². The van der Waals surface area contributed by atoms with Gasteiger partial charge >= 0.3 is 0 Å². The molecule has 0 unspecified atom stereocenters. The lowest BCUT2D eigenvalue weighted by atomic mass is 10.1. The Morgan fingerprint density at radius 3 is 2.79 bits per heavy atom. The first-order valence-corrected chi connectivity index (χ1v) is 8.10. The van der Waals surface area contributed by atoms with E-state index < -0.39 is 0 Å². The van der Waals surface area contributed by atoms with Crippen LogP contribution in [0.2, 0.25) is 0 Å². The van der Waals surface area contributed by atoms with Crippen LogP contribution in [0.15, 0.2) is 42.9 Å². The van der Waals surface area contributed by atoms with Crippen molar-refractivity contribution in [3.05, 3.63) is 59.8 Å². The molecular weight excluding hydrogens is 305 g/mol. The summed E-state index contributed by atoms with van der Waals surface area (Å²) < 4.78 is 16.3. The average Bonchev–Trinajstić information content (AvgIpc) is 3.26. The van der Waals surface area contributed by atoms with E-state index in [1.54, 1.807) is 29.3 Å². The number of pyridine rings is 1. The lowest BCUT2D eigenvalue weighted by Crippen LogP contribution is -2.27. The van der Waals surface area contributed by atoms with Crippen LogP contribution in [0.4, 0.5) is 4.39 Å². The third-order valence-electron chi connectivity index (χ3n) is 4.52. The first-order valence-electron chi connectivity index (χ1n) is 8.10. The molecule has 0 spiro atoms. The highest BCUT2D eigenvalue weighted by Crippen LogP contribution is 2.18. The molecule has 0 atom stereocenters. The van der Waals surface area contributed by atoms with Crippen LogP contribution in [0.1, 0.15) is 24.0 Å². The minimum Gasteiger partial charge on any atom is -0.357 e. The first-order chi connectivity index (χ1) is 11.7. The molecule has 0 radical (unpaired) electrons. The highest BCUT2D eigenvalue weighted by molar-refractivity contribution is 5.96. The normalized spacial score (nSPS) is 14.5. The van der Waals surface area contributed by atoms with Crippen LogP contribution in [-0.2, 0) is 6.54 Å². The van der Waals surface area contributed by atoms with Gasteiger partial charge in [-0.25, -0.2) is 4.39 Å². The Hall–Kier alpha value is -2.76. The number of hydrogen-bond acceptors (Lipinski definition) is 3. The summed E-state index contributed by atoms with van der Waals surface area (Å²) in [5, 5.41) is 13.5. The molecule has 5 nitrogen and oxygen atoms in total. The number of halogens is 1. The second kappa shape index (κ2) is 6.03. The van der Waals surface area contributed by atoms with Gasteiger partial charge in [-0.05, 0) is 25.0 Å². The number of benzene rings is 1. The van der Waals surface area contributed by atoms with E-state index in [-0.39, 0.29) is 5.82 Å².